The number of benzene rings is 1. The number of hydrogen-bond acceptors (Lipinski definition) is 6. The lowest BCUT2D eigenvalue weighted by atomic mass is 10.1. The van der Waals surface area contributed by atoms with Gasteiger partial charge in [0.05, 0.1) is 18.8 Å². The van der Waals surface area contributed by atoms with Gasteiger partial charge in [-0.2, -0.15) is 4.98 Å². The molecule has 9 nitrogen and oxygen atoms in total. The number of anilines is 1. The Bertz CT molecular complexity index is 863. The van der Waals surface area contributed by atoms with Gasteiger partial charge in [-0.1, -0.05) is 35.4 Å². The van der Waals surface area contributed by atoms with E-state index in [1.807, 2.05) is 37.3 Å². The standard InChI is InChI=1S/C17H20N6O3/c1-11-9-23(15-7-13(21-22-18)14(10-24)26-15)17(25)20-16(11)19-8-12-5-3-2-4-6-12/h2-6,9,13-15,24H,7-8,10H2,1H3,(H,19,20,25)/t13-,14-,15-/m1/s1. The van der Waals surface area contributed by atoms with Crippen LogP contribution in [0.2, 0.25) is 0 Å². The maximum atomic E-state index is 12.4. The van der Waals surface area contributed by atoms with Crippen LogP contribution < -0.4 is 11.0 Å². The molecule has 1 fully saturated rings. The van der Waals surface area contributed by atoms with E-state index in [0.717, 1.165) is 11.1 Å². The number of aromatic nitrogens is 2. The van der Waals surface area contributed by atoms with Gasteiger partial charge < -0.3 is 15.2 Å². The van der Waals surface area contributed by atoms with Gasteiger partial charge in [0.25, 0.3) is 0 Å². The summed E-state index contributed by atoms with van der Waals surface area (Å²) in [6, 6.07) is 9.30. The van der Waals surface area contributed by atoms with Crippen molar-refractivity contribution in [2.75, 3.05) is 11.9 Å². The summed E-state index contributed by atoms with van der Waals surface area (Å²) in [6.07, 6.45) is 0.733. The summed E-state index contributed by atoms with van der Waals surface area (Å²) in [5, 5.41) is 16.1. The van der Waals surface area contributed by atoms with Gasteiger partial charge in [-0.25, -0.2) is 4.79 Å². The van der Waals surface area contributed by atoms with Crippen molar-refractivity contribution in [3.63, 3.8) is 0 Å². The van der Waals surface area contributed by atoms with Crippen LogP contribution in [0.5, 0.6) is 0 Å². The van der Waals surface area contributed by atoms with Crippen LogP contribution in [0.25, 0.3) is 10.4 Å². The SMILES string of the molecule is Cc1cn([C@H]2C[C@@H](N=[N+]=[N-])[C@@H](CO)O2)c(=O)nc1NCc1ccccc1. The number of ether oxygens (including phenoxy) is 1. The highest BCUT2D eigenvalue weighted by atomic mass is 16.5. The second-order valence-corrected chi connectivity index (χ2v) is 6.12. The normalized spacial score (nSPS) is 22.0. The fourth-order valence-electron chi connectivity index (χ4n) is 2.97. The molecule has 0 unspecified atom stereocenters. The lowest BCUT2D eigenvalue weighted by Crippen LogP contribution is -2.29. The molecule has 0 amide bonds. The summed E-state index contributed by atoms with van der Waals surface area (Å²) in [5.74, 6) is 0.512. The third-order valence-corrected chi connectivity index (χ3v) is 4.33. The Morgan fingerprint density at radius 2 is 2.23 bits per heavy atom. The average molecular weight is 356 g/mol. The van der Waals surface area contributed by atoms with Crippen molar-refractivity contribution >= 4 is 5.82 Å². The second kappa shape index (κ2) is 8.01. The Morgan fingerprint density at radius 3 is 2.92 bits per heavy atom. The van der Waals surface area contributed by atoms with Crippen molar-refractivity contribution in [1.82, 2.24) is 9.55 Å². The maximum Gasteiger partial charge on any atom is 0.351 e. The van der Waals surface area contributed by atoms with Gasteiger partial charge in [0, 0.05) is 29.6 Å². The largest absolute Gasteiger partial charge is 0.394 e. The first kappa shape index (κ1) is 17.9. The topological polar surface area (TPSA) is 125 Å². The number of aryl methyl sites for hydroxylation is 1. The molecule has 0 saturated carbocycles. The smallest absolute Gasteiger partial charge is 0.351 e. The van der Waals surface area contributed by atoms with Crippen molar-refractivity contribution in [3.8, 4) is 0 Å². The highest BCUT2D eigenvalue weighted by molar-refractivity contribution is 5.42. The molecule has 0 radical (unpaired) electrons. The summed E-state index contributed by atoms with van der Waals surface area (Å²) in [5.41, 5.74) is 10.0. The molecule has 2 aromatic rings. The maximum absolute atomic E-state index is 12.4. The first-order valence-electron chi connectivity index (χ1n) is 8.30. The molecule has 0 bridgehead atoms. The Labute approximate surface area is 149 Å². The van der Waals surface area contributed by atoms with Crippen LogP contribution in [0.3, 0.4) is 0 Å². The van der Waals surface area contributed by atoms with E-state index in [0.29, 0.717) is 18.8 Å². The zero-order valence-corrected chi connectivity index (χ0v) is 14.3. The molecule has 9 heteroatoms. The summed E-state index contributed by atoms with van der Waals surface area (Å²) in [7, 11) is 0. The molecular weight excluding hydrogens is 336 g/mol. The van der Waals surface area contributed by atoms with E-state index in [-0.39, 0.29) is 6.61 Å². The Balaban J connectivity index is 1.77. The van der Waals surface area contributed by atoms with Crippen molar-refractivity contribution in [1.29, 1.82) is 0 Å². The summed E-state index contributed by atoms with van der Waals surface area (Å²) < 4.78 is 7.03. The minimum atomic E-state index is -0.626. The van der Waals surface area contributed by atoms with E-state index in [1.54, 1.807) is 6.20 Å². The second-order valence-electron chi connectivity index (χ2n) is 6.12. The highest BCUT2D eigenvalue weighted by Crippen LogP contribution is 2.30. The lowest BCUT2D eigenvalue weighted by molar-refractivity contribution is -0.0270. The third-order valence-electron chi connectivity index (χ3n) is 4.33. The van der Waals surface area contributed by atoms with Gasteiger partial charge in [-0.05, 0) is 18.0 Å². The Morgan fingerprint density at radius 1 is 1.46 bits per heavy atom. The van der Waals surface area contributed by atoms with Gasteiger partial charge in [0.2, 0.25) is 0 Å². The number of hydrogen-bond donors (Lipinski definition) is 2. The van der Waals surface area contributed by atoms with Crippen LogP contribution >= 0.6 is 0 Å². The van der Waals surface area contributed by atoms with Crippen molar-refractivity contribution in [3.05, 3.63) is 68.6 Å². The van der Waals surface area contributed by atoms with E-state index in [1.165, 1.54) is 4.57 Å². The lowest BCUT2D eigenvalue weighted by Gasteiger charge is -2.17. The quantitative estimate of drug-likeness (QED) is 0.466. The predicted molar refractivity (Wildman–Crippen MR) is 95.5 cm³/mol. The Kier molecular flexibility index (Phi) is 5.52. The van der Waals surface area contributed by atoms with Gasteiger partial charge in [0.1, 0.15) is 12.0 Å². The van der Waals surface area contributed by atoms with Gasteiger partial charge in [0.15, 0.2) is 0 Å². The summed E-state index contributed by atoms with van der Waals surface area (Å²) in [6.45, 7) is 2.13. The number of nitrogens with one attached hydrogen (secondary N) is 1. The molecule has 3 rings (SSSR count). The third kappa shape index (κ3) is 3.85. The van der Waals surface area contributed by atoms with Gasteiger partial charge >= 0.3 is 5.69 Å². The van der Waals surface area contributed by atoms with Crippen LogP contribution in [0.15, 0.2) is 46.4 Å². The van der Waals surface area contributed by atoms with Crippen LogP contribution in [0.1, 0.15) is 23.8 Å². The molecule has 1 aromatic carbocycles. The molecule has 3 atom stereocenters. The number of azide groups is 1. The van der Waals surface area contributed by atoms with Gasteiger partial charge in [-0.3, -0.25) is 4.57 Å². The number of nitrogens with zero attached hydrogens (tertiary/aromatic N) is 5. The van der Waals surface area contributed by atoms with Crippen molar-refractivity contribution in [2.24, 2.45) is 5.11 Å². The first-order valence-corrected chi connectivity index (χ1v) is 8.30. The van der Waals surface area contributed by atoms with E-state index < -0.39 is 24.1 Å². The molecule has 2 heterocycles. The summed E-state index contributed by atoms with van der Waals surface area (Å²) in [4.78, 5) is 19.3. The number of aliphatic hydroxyl groups excluding tert-OH is 1. The first-order chi connectivity index (χ1) is 12.6. The molecule has 136 valence electrons. The van der Waals surface area contributed by atoms with E-state index in [9.17, 15) is 9.90 Å². The molecule has 0 aliphatic carbocycles. The average Bonchev–Trinajstić information content (AvgIpc) is 3.06. The zero-order chi connectivity index (χ0) is 18.5. The molecule has 0 spiro atoms. The Hall–Kier alpha value is -2.87. The molecule has 2 N–H and O–H groups in total. The minimum absolute atomic E-state index is 0.280. The minimum Gasteiger partial charge on any atom is -0.394 e. The molecule has 26 heavy (non-hydrogen) atoms. The van der Waals surface area contributed by atoms with Crippen LogP contribution in [0, 0.1) is 6.92 Å². The highest BCUT2D eigenvalue weighted by Gasteiger charge is 2.35. The van der Waals surface area contributed by atoms with Crippen molar-refractivity contribution < 1.29 is 9.84 Å². The van der Waals surface area contributed by atoms with Crippen LogP contribution in [-0.2, 0) is 11.3 Å². The van der Waals surface area contributed by atoms with E-state index in [2.05, 4.69) is 20.3 Å². The zero-order valence-electron chi connectivity index (χ0n) is 14.3. The van der Waals surface area contributed by atoms with E-state index >= 15 is 0 Å². The molecular formula is C17H20N6O3. The van der Waals surface area contributed by atoms with Crippen molar-refractivity contribution in [2.45, 2.75) is 38.3 Å². The summed E-state index contributed by atoms with van der Waals surface area (Å²) >= 11 is 0. The van der Waals surface area contributed by atoms with E-state index in [4.69, 9.17) is 10.3 Å². The monoisotopic (exact) mass is 356 g/mol. The molecule has 1 aromatic heterocycles. The fourth-order valence-corrected chi connectivity index (χ4v) is 2.97. The molecule has 1 aliphatic heterocycles. The van der Waals surface area contributed by atoms with Gasteiger partial charge in [-0.15, -0.1) is 0 Å². The molecule has 1 saturated heterocycles. The predicted octanol–water partition coefficient (Wildman–Crippen LogP) is 2.12. The molecule has 1 aliphatic rings. The van der Waals surface area contributed by atoms with Crippen LogP contribution in [-0.4, -0.2) is 33.4 Å². The van der Waals surface area contributed by atoms with Crippen LogP contribution in [0.4, 0.5) is 5.82 Å². The fraction of sp³-hybridized carbons (Fsp3) is 0.412. The number of aliphatic hydroxyl groups is 1. The number of rotatable bonds is 6.